The van der Waals surface area contributed by atoms with Crippen molar-refractivity contribution in [3.05, 3.63) is 34.3 Å². The number of halogens is 1. The number of benzene rings is 1. The van der Waals surface area contributed by atoms with Gasteiger partial charge in [0.1, 0.15) is 0 Å². The molecule has 1 aromatic carbocycles. The van der Waals surface area contributed by atoms with Gasteiger partial charge in [0.2, 0.25) is 0 Å². The van der Waals surface area contributed by atoms with Crippen LogP contribution in [0, 0.1) is 13.8 Å². The van der Waals surface area contributed by atoms with Crippen LogP contribution in [0.25, 0.3) is 11.3 Å². The van der Waals surface area contributed by atoms with E-state index in [0.717, 1.165) is 16.7 Å². The lowest BCUT2D eigenvalue weighted by Crippen LogP contribution is -1.87. The molecule has 4 heteroatoms. The number of aryl methyl sites for hydroxylation is 1. The SMILES string of the molecule is Cc1ccc(Cl)c(C)c1-c1cc(N)no1. The van der Waals surface area contributed by atoms with Crippen LogP contribution in [0.2, 0.25) is 5.02 Å². The lowest BCUT2D eigenvalue weighted by atomic mass is 10.0. The molecule has 1 aromatic heterocycles. The van der Waals surface area contributed by atoms with E-state index in [4.69, 9.17) is 21.9 Å². The maximum Gasteiger partial charge on any atom is 0.169 e. The Balaban J connectivity index is 2.66. The molecule has 0 atom stereocenters. The molecule has 0 aliphatic heterocycles. The van der Waals surface area contributed by atoms with Gasteiger partial charge in [-0.15, -0.1) is 0 Å². The Hall–Kier alpha value is -1.48. The Bertz CT molecular complexity index is 505. The molecule has 0 bridgehead atoms. The van der Waals surface area contributed by atoms with Crippen LogP contribution in [-0.2, 0) is 0 Å². The molecule has 0 aliphatic carbocycles. The van der Waals surface area contributed by atoms with Gasteiger partial charge in [-0.05, 0) is 31.0 Å². The third kappa shape index (κ3) is 1.70. The fraction of sp³-hybridized carbons (Fsp3) is 0.182. The van der Waals surface area contributed by atoms with Gasteiger partial charge in [-0.1, -0.05) is 22.8 Å². The van der Waals surface area contributed by atoms with E-state index in [9.17, 15) is 0 Å². The molecular formula is C11H11ClN2O. The Morgan fingerprint density at radius 2 is 2.07 bits per heavy atom. The van der Waals surface area contributed by atoms with Crippen LogP contribution >= 0.6 is 11.6 Å². The summed E-state index contributed by atoms with van der Waals surface area (Å²) < 4.78 is 5.13. The average molecular weight is 223 g/mol. The molecular weight excluding hydrogens is 212 g/mol. The smallest absolute Gasteiger partial charge is 0.169 e. The number of hydrogen-bond donors (Lipinski definition) is 1. The van der Waals surface area contributed by atoms with Crippen molar-refractivity contribution in [3.63, 3.8) is 0 Å². The van der Waals surface area contributed by atoms with Gasteiger partial charge < -0.3 is 10.3 Å². The van der Waals surface area contributed by atoms with Gasteiger partial charge in [0.05, 0.1) is 0 Å². The lowest BCUT2D eigenvalue weighted by Gasteiger charge is -2.07. The Kier molecular flexibility index (Phi) is 2.40. The van der Waals surface area contributed by atoms with Gasteiger partial charge in [0.15, 0.2) is 11.6 Å². The van der Waals surface area contributed by atoms with E-state index in [1.165, 1.54) is 0 Å². The first kappa shape index (κ1) is 10.1. The highest BCUT2D eigenvalue weighted by Crippen LogP contribution is 2.32. The van der Waals surface area contributed by atoms with Crippen molar-refractivity contribution < 1.29 is 4.52 Å². The molecule has 0 unspecified atom stereocenters. The van der Waals surface area contributed by atoms with E-state index in [-0.39, 0.29) is 0 Å². The standard InChI is InChI=1S/C11H11ClN2O/c1-6-3-4-8(12)7(2)11(6)9-5-10(13)14-15-9/h3-5H,1-2H3,(H2,13,14). The largest absolute Gasteiger partial charge is 0.381 e. The minimum absolute atomic E-state index is 0.378. The number of nitrogens with zero attached hydrogens (tertiary/aromatic N) is 1. The molecule has 2 aromatic rings. The van der Waals surface area contributed by atoms with Gasteiger partial charge >= 0.3 is 0 Å². The zero-order chi connectivity index (χ0) is 11.0. The number of anilines is 1. The van der Waals surface area contributed by atoms with Crippen LogP contribution in [0.3, 0.4) is 0 Å². The van der Waals surface area contributed by atoms with Gasteiger partial charge in [0, 0.05) is 16.7 Å². The molecule has 0 fully saturated rings. The van der Waals surface area contributed by atoms with Gasteiger partial charge in [0.25, 0.3) is 0 Å². The minimum atomic E-state index is 0.378. The second kappa shape index (κ2) is 3.59. The summed E-state index contributed by atoms with van der Waals surface area (Å²) in [6, 6.07) is 5.52. The summed E-state index contributed by atoms with van der Waals surface area (Å²) >= 11 is 6.05. The first-order chi connectivity index (χ1) is 7.09. The third-order valence-electron chi connectivity index (χ3n) is 2.38. The van der Waals surface area contributed by atoms with Crippen molar-refractivity contribution >= 4 is 17.4 Å². The second-order valence-electron chi connectivity index (χ2n) is 3.48. The Labute approximate surface area is 92.8 Å². The zero-order valence-electron chi connectivity index (χ0n) is 8.54. The average Bonchev–Trinajstić information content (AvgIpc) is 2.59. The number of aromatic nitrogens is 1. The highest BCUT2D eigenvalue weighted by molar-refractivity contribution is 6.31. The first-order valence-electron chi connectivity index (χ1n) is 4.58. The molecule has 0 aliphatic rings. The molecule has 2 N–H and O–H groups in total. The molecule has 15 heavy (non-hydrogen) atoms. The molecule has 2 rings (SSSR count). The Morgan fingerprint density at radius 3 is 2.67 bits per heavy atom. The van der Waals surface area contributed by atoms with E-state index in [1.807, 2.05) is 26.0 Å². The molecule has 3 nitrogen and oxygen atoms in total. The van der Waals surface area contributed by atoms with Crippen LogP contribution < -0.4 is 5.73 Å². The van der Waals surface area contributed by atoms with Crippen LogP contribution in [0.1, 0.15) is 11.1 Å². The molecule has 0 radical (unpaired) electrons. The fourth-order valence-corrected chi connectivity index (χ4v) is 1.76. The summed E-state index contributed by atoms with van der Waals surface area (Å²) in [6.45, 7) is 3.95. The highest BCUT2D eigenvalue weighted by Gasteiger charge is 2.12. The normalized spacial score (nSPS) is 10.6. The van der Waals surface area contributed by atoms with Crippen LogP contribution in [0.5, 0.6) is 0 Å². The summed E-state index contributed by atoms with van der Waals surface area (Å²) in [7, 11) is 0. The van der Waals surface area contributed by atoms with Crippen LogP contribution in [0.4, 0.5) is 5.82 Å². The molecule has 0 amide bonds. The summed E-state index contributed by atoms with van der Waals surface area (Å²) in [5, 5.41) is 4.38. The first-order valence-corrected chi connectivity index (χ1v) is 4.95. The molecule has 0 saturated heterocycles. The minimum Gasteiger partial charge on any atom is -0.381 e. The molecule has 78 valence electrons. The van der Waals surface area contributed by atoms with Crippen molar-refractivity contribution in [2.45, 2.75) is 13.8 Å². The quantitative estimate of drug-likeness (QED) is 0.806. The topological polar surface area (TPSA) is 52.0 Å². The van der Waals surface area contributed by atoms with E-state index in [1.54, 1.807) is 6.07 Å². The predicted octanol–water partition coefficient (Wildman–Crippen LogP) is 3.19. The monoisotopic (exact) mass is 222 g/mol. The van der Waals surface area contributed by atoms with Crippen molar-refractivity contribution in [2.24, 2.45) is 0 Å². The summed E-state index contributed by atoms with van der Waals surface area (Å²) in [5.41, 5.74) is 8.55. The molecule has 0 spiro atoms. The van der Waals surface area contributed by atoms with Crippen LogP contribution in [-0.4, -0.2) is 5.16 Å². The summed E-state index contributed by atoms with van der Waals surface area (Å²) in [4.78, 5) is 0. The van der Waals surface area contributed by atoms with E-state index >= 15 is 0 Å². The molecule has 1 heterocycles. The number of rotatable bonds is 1. The van der Waals surface area contributed by atoms with Crippen molar-refractivity contribution in [1.82, 2.24) is 5.16 Å². The maximum atomic E-state index is 6.05. The van der Waals surface area contributed by atoms with Gasteiger partial charge in [-0.3, -0.25) is 0 Å². The van der Waals surface area contributed by atoms with Crippen molar-refractivity contribution in [2.75, 3.05) is 5.73 Å². The predicted molar refractivity (Wildman–Crippen MR) is 60.8 cm³/mol. The van der Waals surface area contributed by atoms with Crippen molar-refractivity contribution in [1.29, 1.82) is 0 Å². The fourth-order valence-electron chi connectivity index (χ4n) is 1.61. The summed E-state index contributed by atoms with van der Waals surface area (Å²) in [6.07, 6.45) is 0. The second-order valence-corrected chi connectivity index (χ2v) is 3.89. The number of nitrogens with two attached hydrogens (primary N) is 1. The van der Waals surface area contributed by atoms with Gasteiger partial charge in [-0.25, -0.2) is 0 Å². The lowest BCUT2D eigenvalue weighted by molar-refractivity contribution is 0.435. The van der Waals surface area contributed by atoms with Crippen LogP contribution in [0.15, 0.2) is 22.7 Å². The third-order valence-corrected chi connectivity index (χ3v) is 2.79. The van der Waals surface area contributed by atoms with E-state index < -0.39 is 0 Å². The zero-order valence-corrected chi connectivity index (χ0v) is 9.30. The molecule has 0 saturated carbocycles. The van der Waals surface area contributed by atoms with E-state index in [0.29, 0.717) is 16.6 Å². The Morgan fingerprint density at radius 1 is 1.33 bits per heavy atom. The highest BCUT2D eigenvalue weighted by atomic mass is 35.5. The summed E-state index contributed by atoms with van der Waals surface area (Å²) in [5.74, 6) is 1.04. The number of nitrogen functional groups attached to an aromatic ring is 1. The van der Waals surface area contributed by atoms with E-state index in [2.05, 4.69) is 5.16 Å². The maximum absolute atomic E-state index is 6.05. The van der Waals surface area contributed by atoms with Gasteiger partial charge in [-0.2, -0.15) is 0 Å². The van der Waals surface area contributed by atoms with Crippen molar-refractivity contribution in [3.8, 4) is 11.3 Å². The number of hydrogen-bond acceptors (Lipinski definition) is 3.